The zero-order chi connectivity index (χ0) is 24.7. The number of amides is 1. The van der Waals surface area contributed by atoms with Crippen molar-refractivity contribution >= 4 is 49.5 Å². The van der Waals surface area contributed by atoms with E-state index in [9.17, 15) is 9.59 Å². The predicted molar refractivity (Wildman–Crippen MR) is 139 cm³/mol. The molecule has 8 heteroatoms. The minimum Gasteiger partial charge on any atom is -0.449 e. The van der Waals surface area contributed by atoms with Gasteiger partial charge in [-0.25, -0.2) is 9.78 Å². The van der Waals surface area contributed by atoms with Crippen LogP contribution in [0.25, 0.3) is 21.1 Å². The van der Waals surface area contributed by atoms with E-state index in [1.165, 1.54) is 11.3 Å². The van der Waals surface area contributed by atoms with Crippen molar-refractivity contribution in [3.63, 3.8) is 0 Å². The number of hydrogen-bond donors (Lipinski definition) is 1. The van der Waals surface area contributed by atoms with Crippen molar-refractivity contribution < 1.29 is 14.3 Å². The molecule has 35 heavy (non-hydrogen) atoms. The highest BCUT2D eigenvalue weighted by Gasteiger charge is 2.29. The van der Waals surface area contributed by atoms with Crippen molar-refractivity contribution in [2.24, 2.45) is 0 Å². The van der Waals surface area contributed by atoms with Crippen LogP contribution < -0.4 is 5.32 Å². The molecule has 180 valence electrons. The molecule has 1 aliphatic rings. The Kier molecular flexibility index (Phi) is 6.25. The van der Waals surface area contributed by atoms with E-state index in [4.69, 9.17) is 9.72 Å². The predicted octanol–water partition coefficient (Wildman–Crippen LogP) is 5.10. The van der Waals surface area contributed by atoms with E-state index in [2.05, 4.69) is 29.0 Å². The number of thiazole rings is 1. The summed E-state index contributed by atoms with van der Waals surface area (Å²) in [5.74, 6) is -0.918. The zero-order valence-corrected chi connectivity index (χ0v) is 21.1. The summed E-state index contributed by atoms with van der Waals surface area (Å²) in [6.45, 7) is 9.41. The van der Waals surface area contributed by atoms with Crippen LogP contribution in [0.4, 0.5) is 5.13 Å². The van der Waals surface area contributed by atoms with Crippen LogP contribution in [0.5, 0.6) is 0 Å². The third-order valence-corrected chi connectivity index (χ3v) is 7.37. The standard InChI is InChI=1S/C27H28N4O3S/c1-15(2)31-12-11-21-19(14-31)24(18-7-5-6-8-20(18)28-21)26(33)34-17(4)25(32)30-27-29-22-10-9-16(3)13-23(22)35-27/h5-10,13,15,17H,11-12,14H2,1-4H3,(H,29,30,32). The number of ether oxygens (including phenoxy) is 1. The average Bonchev–Trinajstić information content (AvgIpc) is 3.23. The molecule has 3 heterocycles. The number of para-hydroxylation sites is 1. The maximum Gasteiger partial charge on any atom is 0.339 e. The number of aromatic nitrogens is 2. The van der Waals surface area contributed by atoms with Gasteiger partial charge < -0.3 is 4.74 Å². The Hall–Kier alpha value is -3.36. The number of benzene rings is 2. The third-order valence-electron chi connectivity index (χ3n) is 6.44. The smallest absolute Gasteiger partial charge is 0.339 e. The normalized spacial score (nSPS) is 14.8. The maximum absolute atomic E-state index is 13.5. The number of pyridine rings is 1. The Morgan fingerprint density at radius 2 is 1.89 bits per heavy atom. The summed E-state index contributed by atoms with van der Waals surface area (Å²) in [7, 11) is 0. The van der Waals surface area contributed by atoms with Gasteiger partial charge in [0.2, 0.25) is 0 Å². The van der Waals surface area contributed by atoms with Gasteiger partial charge in [0.15, 0.2) is 11.2 Å². The summed E-state index contributed by atoms with van der Waals surface area (Å²) in [6, 6.07) is 13.9. The van der Waals surface area contributed by atoms with Crippen LogP contribution in [-0.4, -0.2) is 45.4 Å². The molecule has 7 nitrogen and oxygen atoms in total. The van der Waals surface area contributed by atoms with Gasteiger partial charge in [0.05, 0.1) is 21.3 Å². The van der Waals surface area contributed by atoms with Crippen molar-refractivity contribution in [1.82, 2.24) is 14.9 Å². The highest BCUT2D eigenvalue weighted by atomic mass is 32.1. The molecule has 0 saturated heterocycles. The molecular formula is C27H28N4O3S. The molecule has 0 saturated carbocycles. The number of aryl methyl sites for hydroxylation is 1. The first-order chi connectivity index (χ1) is 16.8. The Morgan fingerprint density at radius 1 is 1.09 bits per heavy atom. The highest BCUT2D eigenvalue weighted by molar-refractivity contribution is 7.22. The number of hydrogen-bond acceptors (Lipinski definition) is 7. The largest absolute Gasteiger partial charge is 0.449 e. The molecule has 1 unspecified atom stereocenters. The third kappa shape index (κ3) is 4.63. The lowest BCUT2D eigenvalue weighted by Gasteiger charge is -2.32. The van der Waals surface area contributed by atoms with Crippen LogP contribution in [-0.2, 0) is 22.5 Å². The molecule has 4 aromatic rings. The number of rotatable bonds is 5. The topological polar surface area (TPSA) is 84.4 Å². The van der Waals surface area contributed by atoms with Crippen molar-refractivity contribution in [3.8, 4) is 0 Å². The van der Waals surface area contributed by atoms with Crippen molar-refractivity contribution in [1.29, 1.82) is 0 Å². The summed E-state index contributed by atoms with van der Waals surface area (Å²) in [4.78, 5) is 38.0. The van der Waals surface area contributed by atoms with Crippen molar-refractivity contribution in [3.05, 3.63) is 64.8 Å². The number of carbonyl (C=O) groups excluding carboxylic acids is 2. The van der Waals surface area contributed by atoms with Gasteiger partial charge in [-0.3, -0.25) is 20.0 Å². The van der Waals surface area contributed by atoms with Gasteiger partial charge >= 0.3 is 5.97 Å². The Labute approximate surface area is 208 Å². The zero-order valence-electron chi connectivity index (χ0n) is 20.3. The van der Waals surface area contributed by atoms with Crippen LogP contribution in [0.2, 0.25) is 0 Å². The van der Waals surface area contributed by atoms with E-state index in [0.29, 0.717) is 23.3 Å². The van der Waals surface area contributed by atoms with Gasteiger partial charge in [-0.05, 0) is 51.5 Å². The van der Waals surface area contributed by atoms with E-state index in [0.717, 1.165) is 50.9 Å². The lowest BCUT2D eigenvalue weighted by atomic mass is 9.95. The quantitative estimate of drug-likeness (QED) is 0.393. The second-order valence-corrected chi connectivity index (χ2v) is 10.3. The van der Waals surface area contributed by atoms with E-state index in [-0.39, 0.29) is 0 Å². The number of esters is 1. The first-order valence-electron chi connectivity index (χ1n) is 11.8. The molecule has 2 aromatic heterocycles. The van der Waals surface area contributed by atoms with E-state index < -0.39 is 18.0 Å². The van der Waals surface area contributed by atoms with Crippen LogP contribution in [0.3, 0.4) is 0 Å². The highest BCUT2D eigenvalue weighted by Crippen LogP contribution is 2.30. The first-order valence-corrected chi connectivity index (χ1v) is 12.7. The summed E-state index contributed by atoms with van der Waals surface area (Å²) in [5, 5.41) is 4.03. The molecule has 0 bridgehead atoms. The molecule has 0 radical (unpaired) electrons. The number of fused-ring (bicyclic) bond motifs is 3. The van der Waals surface area contributed by atoms with Crippen molar-refractivity contribution in [2.75, 3.05) is 11.9 Å². The van der Waals surface area contributed by atoms with Crippen LogP contribution in [0, 0.1) is 6.92 Å². The minimum absolute atomic E-state index is 0.348. The Morgan fingerprint density at radius 3 is 2.69 bits per heavy atom. The van der Waals surface area contributed by atoms with Crippen LogP contribution >= 0.6 is 11.3 Å². The summed E-state index contributed by atoms with van der Waals surface area (Å²) < 4.78 is 6.71. The summed E-state index contributed by atoms with van der Waals surface area (Å²) in [6.07, 6.45) is -0.213. The molecule has 1 amide bonds. The van der Waals surface area contributed by atoms with Gasteiger partial charge in [-0.2, -0.15) is 0 Å². The summed E-state index contributed by atoms with van der Waals surface area (Å²) >= 11 is 1.40. The lowest BCUT2D eigenvalue weighted by molar-refractivity contribution is -0.123. The lowest BCUT2D eigenvalue weighted by Crippen LogP contribution is -2.37. The molecule has 5 rings (SSSR count). The fourth-order valence-corrected chi connectivity index (χ4v) is 5.42. The number of anilines is 1. The number of nitrogens with zero attached hydrogens (tertiary/aromatic N) is 3. The fourth-order valence-electron chi connectivity index (χ4n) is 4.45. The number of carbonyl (C=O) groups is 2. The minimum atomic E-state index is -0.983. The molecule has 0 fully saturated rings. The van der Waals surface area contributed by atoms with E-state index in [1.54, 1.807) is 6.92 Å². The van der Waals surface area contributed by atoms with E-state index in [1.807, 2.05) is 49.4 Å². The summed E-state index contributed by atoms with van der Waals surface area (Å²) in [5.41, 5.74) is 5.04. The molecule has 2 aromatic carbocycles. The van der Waals surface area contributed by atoms with Gasteiger partial charge in [-0.1, -0.05) is 35.6 Å². The second-order valence-electron chi connectivity index (χ2n) is 9.27. The molecule has 1 atom stereocenters. The molecule has 1 N–H and O–H groups in total. The van der Waals surface area contributed by atoms with Crippen LogP contribution in [0.15, 0.2) is 42.5 Å². The Bertz CT molecular complexity index is 1450. The van der Waals surface area contributed by atoms with Gasteiger partial charge in [0.25, 0.3) is 5.91 Å². The first kappa shape index (κ1) is 23.4. The maximum atomic E-state index is 13.5. The monoisotopic (exact) mass is 488 g/mol. The molecule has 1 aliphatic heterocycles. The average molecular weight is 489 g/mol. The van der Waals surface area contributed by atoms with Gasteiger partial charge in [0, 0.05) is 42.2 Å². The second kappa shape index (κ2) is 9.36. The molecule has 0 spiro atoms. The molecule has 0 aliphatic carbocycles. The number of nitrogens with one attached hydrogen (secondary N) is 1. The Balaban J connectivity index is 1.40. The molecular weight excluding hydrogens is 460 g/mol. The van der Waals surface area contributed by atoms with Crippen molar-refractivity contribution in [2.45, 2.75) is 52.8 Å². The fraction of sp³-hybridized carbons (Fsp3) is 0.333. The SMILES string of the molecule is Cc1ccc2nc(NC(=O)C(C)OC(=O)c3c4c(nc5ccccc35)CCN(C(C)C)C4)sc2c1. The van der Waals surface area contributed by atoms with Gasteiger partial charge in [0.1, 0.15) is 0 Å². The van der Waals surface area contributed by atoms with Crippen LogP contribution in [0.1, 0.15) is 48.0 Å². The van der Waals surface area contributed by atoms with Gasteiger partial charge in [-0.15, -0.1) is 0 Å². The van der Waals surface area contributed by atoms with E-state index >= 15 is 0 Å².